The molecule has 0 bridgehead atoms. The van der Waals surface area contributed by atoms with Crippen molar-refractivity contribution in [3.63, 3.8) is 0 Å². The number of benzene rings is 1. The van der Waals surface area contributed by atoms with Gasteiger partial charge in [0.05, 0.1) is 26.0 Å². The third-order valence-corrected chi connectivity index (χ3v) is 4.72. The summed E-state index contributed by atoms with van der Waals surface area (Å²) in [5.41, 5.74) is 1.50. The highest BCUT2D eigenvalue weighted by Crippen LogP contribution is 2.10. The minimum Gasteiger partial charge on any atom is -0.469 e. The Morgan fingerprint density at radius 3 is 2.75 bits per heavy atom. The van der Waals surface area contributed by atoms with Gasteiger partial charge >= 0.3 is 0 Å². The highest BCUT2D eigenvalue weighted by Gasteiger charge is 2.10. The topological polar surface area (TPSA) is 62.0 Å². The second kappa shape index (κ2) is 10.8. The smallest absolute Gasteiger partial charge is 0.191 e. The van der Waals surface area contributed by atoms with Crippen LogP contribution in [0.1, 0.15) is 16.9 Å². The molecule has 1 aliphatic heterocycles. The Morgan fingerprint density at radius 2 is 2.00 bits per heavy atom. The van der Waals surface area contributed by atoms with Crippen LogP contribution in [0, 0.1) is 12.7 Å². The molecule has 2 heterocycles. The third-order valence-electron chi connectivity index (χ3n) is 4.72. The standard InChI is InChI=1S/C21H29FN4O2/c1-17-4-5-18(15-20(17)22)16-25-21(23-7-6-19-3-2-12-28-19)24-8-9-26-10-13-27-14-11-26/h2-5,12,15H,6-11,13-14,16H2,1H3,(H2,23,24,25). The highest BCUT2D eigenvalue weighted by molar-refractivity contribution is 5.79. The molecular formula is C21H29FN4O2. The van der Waals surface area contributed by atoms with Gasteiger partial charge in [0.1, 0.15) is 11.6 Å². The van der Waals surface area contributed by atoms with E-state index in [1.54, 1.807) is 25.3 Å². The molecule has 1 fully saturated rings. The van der Waals surface area contributed by atoms with Gasteiger partial charge in [0.25, 0.3) is 0 Å². The Kier molecular flexibility index (Phi) is 7.87. The Labute approximate surface area is 165 Å². The molecule has 6 nitrogen and oxygen atoms in total. The third kappa shape index (κ3) is 6.65. The summed E-state index contributed by atoms with van der Waals surface area (Å²) < 4.78 is 24.5. The zero-order chi connectivity index (χ0) is 19.6. The van der Waals surface area contributed by atoms with Crippen LogP contribution < -0.4 is 10.6 Å². The lowest BCUT2D eigenvalue weighted by Gasteiger charge is -2.26. The Hall–Kier alpha value is -2.38. The zero-order valence-corrected chi connectivity index (χ0v) is 16.4. The van der Waals surface area contributed by atoms with Crippen LogP contribution in [-0.4, -0.2) is 56.8 Å². The van der Waals surface area contributed by atoms with Crippen molar-refractivity contribution < 1.29 is 13.5 Å². The number of nitrogens with zero attached hydrogens (tertiary/aromatic N) is 2. The van der Waals surface area contributed by atoms with Gasteiger partial charge in [-0.25, -0.2) is 9.38 Å². The summed E-state index contributed by atoms with van der Waals surface area (Å²) in [4.78, 5) is 6.99. The summed E-state index contributed by atoms with van der Waals surface area (Å²) in [5.74, 6) is 1.46. The first-order valence-corrected chi connectivity index (χ1v) is 9.80. The van der Waals surface area contributed by atoms with Gasteiger partial charge in [0, 0.05) is 39.1 Å². The molecule has 2 N–H and O–H groups in total. The predicted molar refractivity (Wildman–Crippen MR) is 108 cm³/mol. The van der Waals surface area contributed by atoms with Crippen molar-refractivity contribution in [1.82, 2.24) is 15.5 Å². The molecule has 1 aromatic carbocycles. The lowest BCUT2D eigenvalue weighted by atomic mass is 10.1. The lowest BCUT2D eigenvalue weighted by Crippen LogP contribution is -2.44. The second-order valence-electron chi connectivity index (χ2n) is 6.89. The van der Waals surface area contributed by atoms with E-state index in [1.807, 2.05) is 18.2 Å². The normalized spacial score (nSPS) is 15.6. The van der Waals surface area contributed by atoms with E-state index in [9.17, 15) is 4.39 Å². The number of aliphatic imine (C=N–C) groups is 1. The van der Waals surface area contributed by atoms with Crippen molar-refractivity contribution in [2.45, 2.75) is 19.9 Å². The van der Waals surface area contributed by atoms with E-state index >= 15 is 0 Å². The molecule has 1 aromatic heterocycles. The van der Waals surface area contributed by atoms with Crippen LogP contribution >= 0.6 is 0 Å². The molecule has 0 atom stereocenters. The van der Waals surface area contributed by atoms with Crippen molar-refractivity contribution in [2.24, 2.45) is 4.99 Å². The number of morpholine rings is 1. The molecule has 152 valence electrons. The maximum Gasteiger partial charge on any atom is 0.191 e. The number of furan rings is 1. The largest absolute Gasteiger partial charge is 0.469 e. The number of hydrogen-bond acceptors (Lipinski definition) is 4. The van der Waals surface area contributed by atoms with Crippen LogP contribution in [0.2, 0.25) is 0 Å². The van der Waals surface area contributed by atoms with E-state index in [-0.39, 0.29) is 5.82 Å². The van der Waals surface area contributed by atoms with Crippen LogP contribution in [0.15, 0.2) is 46.0 Å². The highest BCUT2D eigenvalue weighted by atomic mass is 19.1. The first-order valence-electron chi connectivity index (χ1n) is 9.80. The van der Waals surface area contributed by atoms with Crippen LogP contribution in [0.5, 0.6) is 0 Å². The molecule has 0 amide bonds. The molecule has 28 heavy (non-hydrogen) atoms. The van der Waals surface area contributed by atoms with Gasteiger partial charge in [-0.3, -0.25) is 4.90 Å². The van der Waals surface area contributed by atoms with Gasteiger partial charge in [-0.15, -0.1) is 0 Å². The van der Waals surface area contributed by atoms with Crippen LogP contribution in [-0.2, 0) is 17.7 Å². The first kappa shape index (κ1) is 20.4. The van der Waals surface area contributed by atoms with Gasteiger partial charge in [-0.05, 0) is 36.2 Å². The summed E-state index contributed by atoms with van der Waals surface area (Å²) in [7, 11) is 0. The fourth-order valence-corrected chi connectivity index (χ4v) is 3.00. The van der Waals surface area contributed by atoms with Gasteiger partial charge in [-0.2, -0.15) is 0 Å². The summed E-state index contributed by atoms with van der Waals surface area (Å²) in [6, 6.07) is 9.09. The van der Waals surface area contributed by atoms with E-state index in [2.05, 4.69) is 20.5 Å². The fraction of sp³-hybridized carbons (Fsp3) is 0.476. The summed E-state index contributed by atoms with van der Waals surface area (Å²) in [6.07, 6.45) is 2.45. The summed E-state index contributed by atoms with van der Waals surface area (Å²) in [6.45, 7) is 8.12. The number of ether oxygens (including phenoxy) is 1. The average Bonchev–Trinajstić information content (AvgIpc) is 3.22. The van der Waals surface area contributed by atoms with E-state index in [4.69, 9.17) is 9.15 Å². The SMILES string of the molecule is Cc1ccc(CN=C(NCCc2ccco2)NCCN2CCOCC2)cc1F. The second-order valence-corrected chi connectivity index (χ2v) is 6.89. The van der Waals surface area contributed by atoms with Crippen LogP contribution in [0.25, 0.3) is 0 Å². The Balaban J connectivity index is 1.52. The van der Waals surface area contributed by atoms with Crippen molar-refractivity contribution in [3.05, 3.63) is 59.3 Å². The van der Waals surface area contributed by atoms with E-state index in [0.717, 1.165) is 63.1 Å². The monoisotopic (exact) mass is 388 g/mol. The maximum absolute atomic E-state index is 13.8. The fourth-order valence-electron chi connectivity index (χ4n) is 3.00. The lowest BCUT2D eigenvalue weighted by molar-refractivity contribution is 0.0389. The molecule has 2 aromatic rings. The van der Waals surface area contributed by atoms with Crippen molar-refractivity contribution >= 4 is 5.96 Å². The molecule has 7 heteroatoms. The summed E-state index contributed by atoms with van der Waals surface area (Å²) in [5, 5.41) is 6.71. The number of rotatable bonds is 8. The van der Waals surface area contributed by atoms with Gasteiger partial charge in [0.15, 0.2) is 5.96 Å². The average molecular weight is 388 g/mol. The molecule has 3 rings (SSSR count). The Bertz CT molecular complexity index is 743. The molecular weight excluding hydrogens is 359 g/mol. The molecule has 1 saturated heterocycles. The number of hydrogen-bond donors (Lipinski definition) is 2. The Morgan fingerprint density at radius 1 is 1.18 bits per heavy atom. The van der Waals surface area contributed by atoms with Crippen molar-refractivity contribution in [3.8, 4) is 0 Å². The number of nitrogens with one attached hydrogen (secondary N) is 2. The molecule has 1 aliphatic rings. The van der Waals surface area contributed by atoms with Gasteiger partial charge in [-0.1, -0.05) is 12.1 Å². The number of halogens is 1. The number of aryl methyl sites for hydroxylation is 1. The van der Waals surface area contributed by atoms with Crippen molar-refractivity contribution in [1.29, 1.82) is 0 Å². The van der Waals surface area contributed by atoms with E-state index in [1.165, 1.54) is 0 Å². The first-order chi connectivity index (χ1) is 13.7. The molecule has 0 unspecified atom stereocenters. The molecule has 0 saturated carbocycles. The number of guanidine groups is 1. The molecule has 0 aliphatic carbocycles. The van der Waals surface area contributed by atoms with Crippen LogP contribution in [0.4, 0.5) is 4.39 Å². The van der Waals surface area contributed by atoms with Gasteiger partial charge in [0.2, 0.25) is 0 Å². The molecule has 0 spiro atoms. The quantitative estimate of drug-likeness (QED) is 0.537. The predicted octanol–water partition coefficient (Wildman–Crippen LogP) is 2.34. The summed E-state index contributed by atoms with van der Waals surface area (Å²) >= 11 is 0. The maximum atomic E-state index is 13.8. The van der Waals surface area contributed by atoms with Crippen LogP contribution in [0.3, 0.4) is 0 Å². The zero-order valence-electron chi connectivity index (χ0n) is 16.4. The minimum absolute atomic E-state index is 0.194. The van der Waals surface area contributed by atoms with E-state index in [0.29, 0.717) is 18.7 Å². The van der Waals surface area contributed by atoms with E-state index < -0.39 is 0 Å². The van der Waals surface area contributed by atoms with Gasteiger partial charge < -0.3 is 19.8 Å². The van der Waals surface area contributed by atoms with Crippen molar-refractivity contribution in [2.75, 3.05) is 45.9 Å². The molecule has 0 radical (unpaired) electrons. The minimum atomic E-state index is -0.194.